The molecule has 0 atom stereocenters. The Labute approximate surface area is 119 Å². The number of rotatable bonds is 4. The molecule has 0 amide bonds. The van der Waals surface area contributed by atoms with Gasteiger partial charge in [0, 0.05) is 17.5 Å². The van der Waals surface area contributed by atoms with Crippen LogP contribution >= 0.6 is 11.6 Å². The largest absolute Gasteiger partial charge is 0.233 e. The van der Waals surface area contributed by atoms with Crippen LogP contribution in [-0.4, -0.2) is 9.97 Å². The zero-order valence-electron chi connectivity index (χ0n) is 11.7. The summed E-state index contributed by atoms with van der Waals surface area (Å²) in [6.07, 6.45) is 3.03. The summed E-state index contributed by atoms with van der Waals surface area (Å²) < 4.78 is 0. The topological polar surface area (TPSA) is 25.8 Å². The van der Waals surface area contributed by atoms with Crippen molar-refractivity contribution < 1.29 is 0 Å². The molecule has 3 heteroatoms. The molecule has 2 nitrogen and oxygen atoms in total. The van der Waals surface area contributed by atoms with Crippen LogP contribution in [0, 0.1) is 6.92 Å². The maximum atomic E-state index is 6.20. The highest BCUT2D eigenvalue weighted by atomic mass is 35.5. The molecule has 2 rings (SSSR count). The van der Waals surface area contributed by atoms with Gasteiger partial charge in [-0.1, -0.05) is 50.1 Å². The third-order valence-corrected chi connectivity index (χ3v) is 3.56. The van der Waals surface area contributed by atoms with E-state index in [9.17, 15) is 0 Å². The molecule has 1 aromatic carbocycles. The number of nitrogens with zero attached hydrogens (tertiary/aromatic N) is 2. The van der Waals surface area contributed by atoms with E-state index in [0.29, 0.717) is 5.15 Å². The summed E-state index contributed by atoms with van der Waals surface area (Å²) in [5, 5.41) is 0.558. The first-order valence-electron chi connectivity index (χ1n) is 6.78. The first kappa shape index (κ1) is 14.0. The fourth-order valence-electron chi connectivity index (χ4n) is 2.13. The smallest absolute Gasteiger partial charge is 0.136 e. The van der Waals surface area contributed by atoms with Gasteiger partial charge in [0.15, 0.2) is 0 Å². The minimum atomic E-state index is 0.558. The Morgan fingerprint density at radius 3 is 2.63 bits per heavy atom. The molecule has 0 unspecified atom stereocenters. The number of hydrogen-bond acceptors (Lipinski definition) is 2. The quantitative estimate of drug-likeness (QED) is 0.760. The molecule has 100 valence electrons. The molecule has 0 saturated carbocycles. The van der Waals surface area contributed by atoms with Gasteiger partial charge in [-0.05, 0) is 25.0 Å². The monoisotopic (exact) mass is 274 g/mol. The van der Waals surface area contributed by atoms with Crippen molar-refractivity contribution in [1.29, 1.82) is 0 Å². The van der Waals surface area contributed by atoms with E-state index in [4.69, 9.17) is 11.6 Å². The third-order valence-electron chi connectivity index (χ3n) is 3.19. The van der Waals surface area contributed by atoms with Crippen molar-refractivity contribution in [3.05, 3.63) is 46.4 Å². The predicted octanol–water partition coefficient (Wildman–Crippen LogP) is 4.62. The predicted molar refractivity (Wildman–Crippen MR) is 80.6 cm³/mol. The molecule has 0 spiro atoms. The third kappa shape index (κ3) is 3.13. The highest BCUT2D eigenvalue weighted by molar-refractivity contribution is 6.30. The molecule has 0 aliphatic rings. The fraction of sp³-hybridized carbons (Fsp3) is 0.375. The van der Waals surface area contributed by atoms with Crippen molar-refractivity contribution >= 4 is 11.6 Å². The molecule has 1 heterocycles. The standard InChI is InChI=1S/C16H19ClN2/c1-4-7-12-8-6-9-13(10-12)15-11(3)16(17)19-14(5-2)18-15/h6,8-10H,4-5,7H2,1-3H3. The summed E-state index contributed by atoms with van der Waals surface area (Å²) in [6.45, 7) is 6.20. The summed E-state index contributed by atoms with van der Waals surface area (Å²) in [5.41, 5.74) is 4.37. The van der Waals surface area contributed by atoms with Crippen LogP contribution < -0.4 is 0 Å². The summed E-state index contributed by atoms with van der Waals surface area (Å²) in [4.78, 5) is 8.92. The highest BCUT2D eigenvalue weighted by Crippen LogP contribution is 2.26. The van der Waals surface area contributed by atoms with Gasteiger partial charge >= 0.3 is 0 Å². The van der Waals surface area contributed by atoms with Gasteiger partial charge in [0.2, 0.25) is 0 Å². The summed E-state index contributed by atoms with van der Waals surface area (Å²) >= 11 is 6.20. The second-order valence-corrected chi connectivity index (χ2v) is 5.07. The number of halogens is 1. The first-order chi connectivity index (χ1) is 9.15. The van der Waals surface area contributed by atoms with Crippen LogP contribution in [0.1, 0.15) is 37.2 Å². The minimum Gasteiger partial charge on any atom is -0.233 e. The van der Waals surface area contributed by atoms with Crippen molar-refractivity contribution in [2.75, 3.05) is 0 Å². The van der Waals surface area contributed by atoms with Crippen molar-refractivity contribution in [2.24, 2.45) is 0 Å². The van der Waals surface area contributed by atoms with E-state index in [1.165, 1.54) is 5.56 Å². The SMILES string of the molecule is CCCc1cccc(-c2nc(CC)nc(Cl)c2C)c1. The molecule has 19 heavy (non-hydrogen) atoms. The van der Waals surface area contributed by atoms with E-state index in [-0.39, 0.29) is 0 Å². The Morgan fingerprint density at radius 1 is 1.16 bits per heavy atom. The zero-order valence-corrected chi connectivity index (χ0v) is 12.5. The van der Waals surface area contributed by atoms with Crippen LogP contribution in [0.3, 0.4) is 0 Å². The van der Waals surface area contributed by atoms with E-state index in [1.807, 2.05) is 13.8 Å². The van der Waals surface area contributed by atoms with Crippen LogP contribution in [0.25, 0.3) is 11.3 Å². The average Bonchev–Trinajstić information content (AvgIpc) is 2.42. The van der Waals surface area contributed by atoms with Gasteiger partial charge in [0.1, 0.15) is 11.0 Å². The van der Waals surface area contributed by atoms with Crippen LogP contribution in [0.5, 0.6) is 0 Å². The molecule has 0 aliphatic heterocycles. The Balaban J connectivity index is 2.51. The average molecular weight is 275 g/mol. The van der Waals surface area contributed by atoms with Crippen LogP contribution in [-0.2, 0) is 12.8 Å². The van der Waals surface area contributed by atoms with E-state index in [0.717, 1.165) is 41.9 Å². The number of aryl methyl sites for hydroxylation is 2. The molecule has 1 aromatic heterocycles. The summed E-state index contributed by atoms with van der Waals surface area (Å²) in [7, 11) is 0. The Bertz CT molecular complexity index is 579. The highest BCUT2D eigenvalue weighted by Gasteiger charge is 2.10. The number of benzene rings is 1. The maximum Gasteiger partial charge on any atom is 0.136 e. The lowest BCUT2D eigenvalue weighted by molar-refractivity contribution is 0.919. The van der Waals surface area contributed by atoms with Crippen molar-refractivity contribution in [3.63, 3.8) is 0 Å². The summed E-state index contributed by atoms with van der Waals surface area (Å²) in [6, 6.07) is 8.53. The van der Waals surface area contributed by atoms with Crippen molar-refractivity contribution in [3.8, 4) is 11.3 Å². The fourth-order valence-corrected chi connectivity index (χ4v) is 2.32. The van der Waals surface area contributed by atoms with Gasteiger partial charge in [0.25, 0.3) is 0 Å². The zero-order chi connectivity index (χ0) is 13.8. The number of hydrogen-bond donors (Lipinski definition) is 0. The van der Waals surface area contributed by atoms with Gasteiger partial charge in [-0.15, -0.1) is 0 Å². The lowest BCUT2D eigenvalue weighted by Crippen LogP contribution is -1.99. The van der Waals surface area contributed by atoms with Gasteiger partial charge in [0.05, 0.1) is 5.69 Å². The van der Waals surface area contributed by atoms with Gasteiger partial charge in [-0.25, -0.2) is 9.97 Å². The molecule has 0 N–H and O–H groups in total. The van der Waals surface area contributed by atoms with Crippen LogP contribution in [0.15, 0.2) is 24.3 Å². The second kappa shape index (κ2) is 6.16. The van der Waals surface area contributed by atoms with Gasteiger partial charge < -0.3 is 0 Å². The van der Waals surface area contributed by atoms with Crippen LogP contribution in [0.4, 0.5) is 0 Å². The second-order valence-electron chi connectivity index (χ2n) is 4.71. The lowest BCUT2D eigenvalue weighted by atomic mass is 10.0. The van der Waals surface area contributed by atoms with Gasteiger partial charge in [-0.2, -0.15) is 0 Å². The Kier molecular flexibility index (Phi) is 4.54. The van der Waals surface area contributed by atoms with E-state index in [2.05, 4.69) is 41.2 Å². The molecule has 0 aliphatic carbocycles. The summed E-state index contributed by atoms with van der Waals surface area (Å²) in [5.74, 6) is 0.798. The van der Waals surface area contributed by atoms with E-state index in [1.54, 1.807) is 0 Å². The maximum absolute atomic E-state index is 6.20. The molecule has 0 fully saturated rings. The molecule has 2 aromatic rings. The molecule has 0 radical (unpaired) electrons. The molecular formula is C16H19ClN2. The molecule has 0 bridgehead atoms. The first-order valence-corrected chi connectivity index (χ1v) is 7.15. The van der Waals surface area contributed by atoms with E-state index >= 15 is 0 Å². The Morgan fingerprint density at radius 2 is 1.95 bits per heavy atom. The Hall–Kier alpha value is -1.41. The molecular weight excluding hydrogens is 256 g/mol. The van der Waals surface area contributed by atoms with Crippen molar-refractivity contribution in [2.45, 2.75) is 40.0 Å². The van der Waals surface area contributed by atoms with Crippen LogP contribution in [0.2, 0.25) is 5.15 Å². The lowest BCUT2D eigenvalue weighted by Gasteiger charge is -2.10. The van der Waals surface area contributed by atoms with Crippen molar-refractivity contribution in [1.82, 2.24) is 9.97 Å². The normalized spacial score (nSPS) is 10.7. The van der Waals surface area contributed by atoms with E-state index < -0.39 is 0 Å². The minimum absolute atomic E-state index is 0.558. The number of aromatic nitrogens is 2. The molecule has 0 saturated heterocycles. The van der Waals surface area contributed by atoms with Gasteiger partial charge in [-0.3, -0.25) is 0 Å².